The summed E-state index contributed by atoms with van der Waals surface area (Å²) < 4.78 is 0. The first-order chi connectivity index (χ1) is 11.8. The van der Waals surface area contributed by atoms with Gasteiger partial charge in [0.2, 0.25) is 0 Å². The number of hydrogen-bond donors (Lipinski definition) is 3. The minimum atomic E-state index is -0.398. The van der Waals surface area contributed by atoms with Crippen LogP contribution in [0.25, 0.3) is 0 Å². The number of aliphatic hydroxyl groups is 2. The Balaban J connectivity index is 2.09. The molecule has 0 aromatic heterocycles. The molecule has 0 saturated heterocycles. The first-order valence-electron chi connectivity index (χ1n) is 9.25. The van der Waals surface area contributed by atoms with Gasteiger partial charge < -0.3 is 20.4 Å². The van der Waals surface area contributed by atoms with E-state index < -0.39 is 6.10 Å². The molecule has 140 valence electrons. The molecule has 0 aliphatic heterocycles. The van der Waals surface area contributed by atoms with Crippen molar-refractivity contribution in [3.63, 3.8) is 0 Å². The fourth-order valence-corrected chi connectivity index (χ4v) is 3.85. The number of amides is 2. The molecule has 0 fully saturated rings. The monoisotopic (exact) mass is 348 g/mol. The molecule has 1 aliphatic rings. The lowest BCUT2D eigenvalue weighted by molar-refractivity contribution is 0.120. The van der Waals surface area contributed by atoms with E-state index in [2.05, 4.69) is 17.4 Å². The van der Waals surface area contributed by atoms with Crippen LogP contribution < -0.4 is 5.32 Å². The van der Waals surface area contributed by atoms with Crippen molar-refractivity contribution in [1.82, 2.24) is 10.2 Å². The molecule has 0 spiro atoms. The summed E-state index contributed by atoms with van der Waals surface area (Å²) in [6.07, 6.45) is 3.24. The maximum Gasteiger partial charge on any atom is 0.318 e. The minimum absolute atomic E-state index is 0.0111. The van der Waals surface area contributed by atoms with E-state index in [1.807, 2.05) is 26.0 Å². The fraction of sp³-hybridized carbons (Fsp3) is 0.650. The summed E-state index contributed by atoms with van der Waals surface area (Å²) in [6, 6.07) is 8.14. The van der Waals surface area contributed by atoms with Crippen LogP contribution >= 0.6 is 0 Å². The van der Waals surface area contributed by atoms with Gasteiger partial charge in [0.15, 0.2) is 0 Å². The molecule has 1 aromatic carbocycles. The molecule has 0 heterocycles. The third kappa shape index (κ3) is 5.44. The van der Waals surface area contributed by atoms with Crippen molar-refractivity contribution < 1.29 is 15.0 Å². The number of nitrogens with one attached hydrogen (secondary N) is 1. The Bertz CT molecular complexity index is 572. The quantitative estimate of drug-likeness (QED) is 0.709. The third-order valence-corrected chi connectivity index (χ3v) is 4.88. The number of benzene rings is 1. The predicted octanol–water partition coefficient (Wildman–Crippen LogP) is 2.87. The van der Waals surface area contributed by atoms with Gasteiger partial charge in [-0.15, -0.1) is 0 Å². The van der Waals surface area contributed by atoms with Crippen molar-refractivity contribution in [2.45, 2.75) is 58.6 Å². The van der Waals surface area contributed by atoms with Crippen molar-refractivity contribution in [3.8, 4) is 0 Å². The molecule has 5 nitrogen and oxygen atoms in total. The lowest BCUT2D eigenvalue weighted by Gasteiger charge is -2.36. The second-order valence-corrected chi connectivity index (χ2v) is 7.90. The van der Waals surface area contributed by atoms with Gasteiger partial charge in [0, 0.05) is 13.1 Å². The van der Waals surface area contributed by atoms with Crippen LogP contribution in [0.3, 0.4) is 0 Å². The van der Waals surface area contributed by atoms with Gasteiger partial charge in [-0.25, -0.2) is 4.79 Å². The Labute approximate surface area is 151 Å². The molecule has 2 amide bonds. The highest BCUT2D eigenvalue weighted by molar-refractivity contribution is 5.75. The molecule has 1 aromatic rings. The highest BCUT2D eigenvalue weighted by atomic mass is 16.3. The fourth-order valence-electron chi connectivity index (χ4n) is 3.85. The van der Waals surface area contributed by atoms with Crippen LogP contribution in [0.4, 0.5) is 4.79 Å². The first-order valence-corrected chi connectivity index (χ1v) is 9.25. The Morgan fingerprint density at radius 3 is 2.80 bits per heavy atom. The molecule has 2 rings (SSSR count). The molecule has 1 aliphatic carbocycles. The molecule has 2 unspecified atom stereocenters. The van der Waals surface area contributed by atoms with Gasteiger partial charge in [0.25, 0.3) is 0 Å². The number of aliphatic hydroxyl groups excluding tert-OH is 2. The zero-order valence-electron chi connectivity index (χ0n) is 15.7. The summed E-state index contributed by atoms with van der Waals surface area (Å²) in [5, 5.41) is 22.1. The van der Waals surface area contributed by atoms with E-state index in [1.54, 1.807) is 11.8 Å². The highest BCUT2D eigenvalue weighted by Gasteiger charge is 2.30. The number of carbonyl (C=O) groups excluding carboxylic acids is 1. The summed E-state index contributed by atoms with van der Waals surface area (Å²) in [5.74, 6) is 0. The normalized spacial score (nSPS) is 18.4. The van der Waals surface area contributed by atoms with E-state index in [0.29, 0.717) is 19.5 Å². The topological polar surface area (TPSA) is 72.8 Å². The van der Waals surface area contributed by atoms with Gasteiger partial charge in [0.05, 0.1) is 18.8 Å². The van der Waals surface area contributed by atoms with E-state index in [4.69, 9.17) is 0 Å². The van der Waals surface area contributed by atoms with Crippen LogP contribution in [0.5, 0.6) is 0 Å². The van der Waals surface area contributed by atoms with E-state index in [0.717, 1.165) is 19.3 Å². The van der Waals surface area contributed by atoms with Crippen LogP contribution in [-0.4, -0.2) is 46.9 Å². The number of urea groups is 1. The van der Waals surface area contributed by atoms with Crippen LogP contribution in [-0.2, 0) is 6.42 Å². The number of fused-ring (bicyclic) bond motifs is 1. The zero-order valence-corrected chi connectivity index (χ0v) is 15.7. The van der Waals surface area contributed by atoms with E-state index in [-0.39, 0.29) is 24.1 Å². The Kier molecular flexibility index (Phi) is 6.85. The Hall–Kier alpha value is -1.59. The van der Waals surface area contributed by atoms with Crippen molar-refractivity contribution in [3.05, 3.63) is 35.4 Å². The smallest absolute Gasteiger partial charge is 0.318 e. The van der Waals surface area contributed by atoms with Gasteiger partial charge in [-0.1, -0.05) is 38.1 Å². The van der Waals surface area contributed by atoms with Gasteiger partial charge in [-0.05, 0) is 49.1 Å². The summed E-state index contributed by atoms with van der Waals surface area (Å²) in [7, 11) is 0. The molecule has 2 atom stereocenters. The standard InChI is InChI=1S/C20H32N2O3/c1-15(24)13-20(2,3)14-21-19(25)22(11-12-23)18-10-6-8-16-7-4-5-9-17(16)18/h4-5,7,9,15,18,23-24H,6,8,10-14H2,1-3H3,(H,21,25). The van der Waals surface area contributed by atoms with Gasteiger partial charge in [0.1, 0.15) is 0 Å². The molecule has 0 radical (unpaired) electrons. The van der Waals surface area contributed by atoms with E-state index >= 15 is 0 Å². The average molecular weight is 348 g/mol. The molecular weight excluding hydrogens is 316 g/mol. The van der Waals surface area contributed by atoms with Crippen LogP contribution in [0.2, 0.25) is 0 Å². The zero-order chi connectivity index (χ0) is 18.4. The first kappa shape index (κ1) is 19.7. The average Bonchev–Trinajstić information content (AvgIpc) is 2.56. The Morgan fingerprint density at radius 2 is 2.12 bits per heavy atom. The van der Waals surface area contributed by atoms with Gasteiger partial charge in [-0.2, -0.15) is 0 Å². The summed E-state index contributed by atoms with van der Waals surface area (Å²) in [4.78, 5) is 14.6. The molecule has 0 saturated carbocycles. The van der Waals surface area contributed by atoms with E-state index in [9.17, 15) is 15.0 Å². The Morgan fingerprint density at radius 1 is 1.40 bits per heavy atom. The van der Waals surface area contributed by atoms with Crippen LogP contribution in [0.15, 0.2) is 24.3 Å². The van der Waals surface area contributed by atoms with Crippen molar-refractivity contribution in [2.75, 3.05) is 19.7 Å². The lowest BCUT2D eigenvalue weighted by atomic mass is 9.86. The van der Waals surface area contributed by atoms with Crippen molar-refractivity contribution in [2.24, 2.45) is 5.41 Å². The number of carbonyl (C=O) groups is 1. The molecule has 3 N–H and O–H groups in total. The van der Waals surface area contributed by atoms with Crippen molar-refractivity contribution in [1.29, 1.82) is 0 Å². The minimum Gasteiger partial charge on any atom is -0.395 e. The van der Waals surface area contributed by atoms with Gasteiger partial charge in [-0.3, -0.25) is 0 Å². The summed E-state index contributed by atoms with van der Waals surface area (Å²) in [6.45, 7) is 6.59. The van der Waals surface area contributed by atoms with E-state index in [1.165, 1.54) is 11.1 Å². The highest BCUT2D eigenvalue weighted by Crippen LogP contribution is 2.34. The second-order valence-electron chi connectivity index (χ2n) is 7.90. The number of rotatable bonds is 7. The SMILES string of the molecule is CC(O)CC(C)(C)CNC(=O)N(CCO)C1CCCc2ccccc21. The summed E-state index contributed by atoms with van der Waals surface area (Å²) >= 11 is 0. The third-order valence-electron chi connectivity index (χ3n) is 4.88. The number of nitrogens with zero attached hydrogens (tertiary/aromatic N) is 1. The number of hydrogen-bond acceptors (Lipinski definition) is 3. The predicted molar refractivity (Wildman–Crippen MR) is 99.4 cm³/mol. The molecule has 25 heavy (non-hydrogen) atoms. The lowest BCUT2D eigenvalue weighted by Crippen LogP contribution is -2.47. The van der Waals surface area contributed by atoms with Crippen molar-refractivity contribution >= 4 is 6.03 Å². The van der Waals surface area contributed by atoms with Gasteiger partial charge >= 0.3 is 6.03 Å². The molecule has 5 heteroatoms. The largest absolute Gasteiger partial charge is 0.395 e. The second kappa shape index (κ2) is 8.68. The van der Waals surface area contributed by atoms with Crippen LogP contribution in [0, 0.1) is 5.41 Å². The van der Waals surface area contributed by atoms with Crippen LogP contribution in [0.1, 0.15) is 57.2 Å². The maximum absolute atomic E-state index is 12.8. The summed E-state index contributed by atoms with van der Waals surface area (Å²) in [5.41, 5.74) is 2.31. The molecule has 0 bridgehead atoms. The number of aryl methyl sites for hydroxylation is 1. The molecular formula is C20H32N2O3. The maximum atomic E-state index is 12.8.